The van der Waals surface area contributed by atoms with E-state index in [1.54, 1.807) is 24.3 Å². The fraction of sp³-hybridized carbons (Fsp3) is 0.273. The van der Waals surface area contributed by atoms with Crippen molar-refractivity contribution in [2.75, 3.05) is 25.0 Å². The molecule has 2 aromatic carbocycles. The number of hydrogen-bond donors (Lipinski definition) is 4. The molecule has 4 N–H and O–H groups in total. The number of benzene rings is 2. The molecule has 0 aliphatic heterocycles. The number of aliphatic hydroxyl groups is 1. The van der Waals surface area contributed by atoms with Crippen LogP contribution < -0.4 is 20.7 Å². The van der Waals surface area contributed by atoms with Gasteiger partial charge in [0.2, 0.25) is 5.91 Å². The van der Waals surface area contributed by atoms with Gasteiger partial charge in [0, 0.05) is 24.3 Å². The minimum Gasteiger partial charge on any atom is -0.435 e. The number of hydrogen-bond acceptors (Lipinski definition) is 4. The molecule has 7 nitrogen and oxygen atoms in total. The van der Waals surface area contributed by atoms with Gasteiger partial charge in [-0.2, -0.15) is 8.78 Å². The van der Waals surface area contributed by atoms with Crippen molar-refractivity contribution in [1.29, 1.82) is 0 Å². The summed E-state index contributed by atoms with van der Waals surface area (Å²) < 4.78 is 28.7. The zero-order chi connectivity index (χ0) is 22.6. The number of nitrogens with zero attached hydrogens (tertiary/aromatic N) is 1. The number of halogens is 2. The molecular weight excluding hydrogens is 406 g/mol. The van der Waals surface area contributed by atoms with Gasteiger partial charge < -0.3 is 25.8 Å². The second-order valence-corrected chi connectivity index (χ2v) is 6.31. The number of anilines is 1. The first-order valence-electron chi connectivity index (χ1n) is 9.52. The van der Waals surface area contributed by atoms with Gasteiger partial charge in [0.25, 0.3) is 0 Å². The summed E-state index contributed by atoms with van der Waals surface area (Å²) in [6, 6.07) is 12.6. The first-order chi connectivity index (χ1) is 14.9. The van der Waals surface area contributed by atoms with Crippen molar-refractivity contribution in [3.63, 3.8) is 0 Å². The number of ether oxygens (including phenoxy) is 1. The van der Waals surface area contributed by atoms with E-state index < -0.39 is 12.7 Å². The van der Waals surface area contributed by atoms with Gasteiger partial charge in [0.05, 0.1) is 6.10 Å². The van der Waals surface area contributed by atoms with Crippen LogP contribution in [0.25, 0.3) is 0 Å². The molecule has 0 aliphatic rings. The van der Waals surface area contributed by atoms with Gasteiger partial charge in [-0.25, -0.2) is 4.99 Å². The number of carbonyl (C=O) groups excluding carboxylic acids is 1. The molecule has 0 heterocycles. The molecule has 0 fully saturated rings. The third kappa shape index (κ3) is 8.32. The molecule has 1 atom stereocenters. The van der Waals surface area contributed by atoms with Crippen LogP contribution in [0, 0.1) is 12.3 Å². The van der Waals surface area contributed by atoms with E-state index in [1.807, 2.05) is 6.92 Å². The SMILES string of the molecule is C#Cc1cccc(NC(=O)CN=C(NCC)NCC(O)c2ccc(OC(F)F)cc2)c1. The largest absolute Gasteiger partial charge is 0.435 e. The first-order valence-corrected chi connectivity index (χ1v) is 9.52. The Morgan fingerprint density at radius 2 is 1.97 bits per heavy atom. The number of aliphatic hydroxyl groups excluding tert-OH is 1. The second-order valence-electron chi connectivity index (χ2n) is 6.31. The van der Waals surface area contributed by atoms with Crippen LogP contribution in [0.2, 0.25) is 0 Å². The van der Waals surface area contributed by atoms with Crippen molar-refractivity contribution >= 4 is 17.6 Å². The molecule has 164 valence electrons. The molecule has 0 bridgehead atoms. The van der Waals surface area contributed by atoms with E-state index in [-0.39, 0.29) is 24.7 Å². The number of amides is 1. The summed E-state index contributed by atoms with van der Waals surface area (Å²) >= 11 is 0. The zero-order valence-corrected chi connectivity index (χ0v) is 16.9. The summed E-state index contributed by atoms with van der Waals surface area (Å²) in [5.41, 5.74) is 1.73. The van der Waals surface area contributed by atoms with Gasteiger partial charge in [0.1, 0.15) is 12.3 Å². The highest BCUT2D eigenvalue weighted by Crippen LogP contribution is 2.19. The number of carbonyl (C=O) groups is 1. The average molecular weight is 430 g/mol. The third-order valence-corrected chi connectivity index (χ3v) is 3.99. The average Bonchev–Trinajstić information content (AvgIpc) is 2.75. The monoisotopic (exact) mass is 430 g/mol. The number of nitrogens with one attached hydrogen (secondary N) is 3. The molecule has 0 aromatic heterocycles. The van der Waals surface area contributed by atoms with Crippen LogP contribution in [0.3, 0.4) is 0 Å². The minimum absolute atomic E-state index is 0.00704. The third-order valence-electron chi connectivity index (χ3n) is 3.99. The Morgan fingerprint density at radius 3 is 2.61 bits per heavy atom. The van der Waals surface area contributed by atoms with Gasteiger partial charge in [-0.3, -0.25) is 4.79 Å². The number of alkyl halides is 2. The Kier molecular flexibility index (Phi) is 9.26. The number of guanidine groups is 1. The first kappa shape index (κ1) is 23.6. The smallest absolute Gasteiger partial charge is 0.387 e. The van der Waals surface area contributed by atoms with E-state index in [0.29, 0.717) is 29.3 Å². The molecule has 9 heteroatoms. The number of aliphatic imine (C=N–C) groups is 1. The number of rotatable bonds is 9. The normalized spacial score (nSPS) is 12.1. The summed E-state index contributed by atoms with van der Waals surface area (Å²) in [4.78, 5) is 16.3. The molecule has 0 aliphatic carbocycles. The van der Waals surface area contributed by atoms with Crippen molar-refractivity contribution in [1.82, 2.24) is 10.6 Å². The van der Waals surface area contributed by atoms with E-state index in [9.17, 15) is 18.7 Å². The van der Waals surface area contributed by atoms with E-state index >= 15 is 0 Å². The Labute approximate surface area is 179 Å². The lowest BCUT2D eigenvalue weighted by Crippen LogP contribution is -2.40. The summed E-state index contributed by atoms with van der Waals surface area (Å²) in [6.07, 6.45) is 4.42. The van der Waals surface area contributed by atoms with Crippen molar-refractivity contribution in [2.24, 2.45) is 4.99 Å². The van der Waals surface area contributed by atoms with E-state index in [1.165, 1.54) is 24.3 Å². The van der Waals surface area contributed by atoms with Crippen LogP contribution in [0.15, 0.2) is 53.5 Å². The lowest BCUT2D eigenvalue weighted by Gasteiger charge is -2.16. The highest BCUT2D eigenvalue weighted by Gasteiger charge is 2.11. The van der Waals surface area contributed by atoms with Gasteiger partial charge in [-0.05, 0) is 42.8 Å². The molecule has 0 radical (unpaired) electrons. The zero-order valence-electron chi connectivity index (χ0n) is 16.9. The molecule has 0 spiro atoms. The van der Waals surface area contributed by atoms with Crippen molar-refractivity contribution in [3.05, 3.63) is 59.7 Å². The lowest BCUT2D eigenvalue weighted by atomic mass is 10.1. The Balaban J connectivity index is 1.90. The maximum Gasteiger partial charge on any atom is 0.387 e. The van der Waals surface area contributed by atoms with Crippen LogP contribution in [0.4, 0.5) is 14.5 Å². The van der Waals surface area contributed by atoms with Crippen molar-refractivity contribution < 1.29 is 23.4 Å². The summed E-state index contributed by atoms with van der Waals surface area (Å²) in [5, 5.41) is 18.9. The summed E-state index contributed by atoms with van der Waals surface area (Å²) in [6.45, 7) is -0.554. The molecule has 0 saturated heterocycles. The fourth-order valence-corrected chi connectivity index (χ4v) is 2.56. The van der Waals surface area contributed by atoms with Crippen LogP contribution in [0.1, 0.15) is 24.2 Å². The highest BCUT2D eigenvalue weighted by atomic mass is 19.3. The molecule has 2 aromatic rings. The summed E-state index contributed by atoms with van der Waals surface area (Å²) in [5.74, 6) is 2.51. The molecule has 2 rings (SSSR count). The van der Waals surface area contributed by atoms with Gasteiger partial charge >= 0.3 is 6.61 Å². The summed E-state index contributed by atoms with van der Waals surface area (Å²) in [7, 11) is 0. The van der Waals surface area contributed by atoms with E-state index in [0.717, 1.165) is 0 Å². The quantitative estimate of drug-likeness (QED) is 0.279. The van der Waals surface area contributed by atoms with Crippen LogP contribution in [-0.2, 0) is 4.79 Å². The predicted molar refractivity (Wildman–Crippen MR) is 115 cm³/mol. The molecule has 31 heavy (non-hydrogen) atoms. The van der Waals surface area contributed by atoms with Crippen molar-refractivity contribution in [2.45, 2.75) is 19.6 Å². The molecule has 1 amide bonds. The number of terminal acetylenes is 1. The molecule has 0 saturated carbocycles. The van der Waals surface area contributed by atoms with Crippen LogP contribution >= 0.6 is 0 Å². The van der Waals surface area contributed by atoms with Gasteiger partial charge in [-0.15, -0.1) is 6.42 Å². The predicted octanol–water partition coefficient (Wildman–Crippen LogP) is 2.50. The highest BCUT2D eigenvalue weighted by molar-refractivity contribution is 5.94. The minimum atomic E-state index is -2.91. The van der Waals surface area contributed by atoms with E-state index in [2.05, 4.69) is 31.6 Å². The topological polar surface area (TPSA) is 95.0 Å². The van der Waals surface area contributed by atoms with Crippen LogP contribution in [-0.4, -0.2) is 43.2 Å². The molecule has 1 unspecified atom stereocenters. The Hall–Kier alpha value is -3.64. The Morgan fingerprint density at radius 1 is 1.23 bits per heavy atom. The second kappa shape index (κ2) is 12.1. The van der Waals surface area contributed by atoms with Gasteiger partial charge in [0.15, 0.2) is 5.96 Å². The standard InChI is InChI=1S/C22H24F2N4O3/c1-3-15-6-5-7-17(12-15)28-20(30)14-27-22(25-4-2)26-13-19(29)16-8-10-18(11-9-16)31-21(23)24/h1,5-12,19,21,29H,4,13-14H2,2H3,(H,28,30)(H2,25,26,27). The molecular formula is C22H24F2N4O3. The van der Waals surface area contributed by atoms with Gasteiger partial charge in [-0.1, -0.05) is 24.1 Å². The lowest BCUT2D eigenvalue weighted by molar-refractivity contribution is -0.114. The fourth-order valence-electron chi connectivity index (χ4n) is 2.56. The maximum absolute atomic E-state index is 12.2. The maximum atomic E-state index is 12.2. The van der Waals surface area contributed by atoms with E-state index in [4.69, 9.17) is 6.42 Å². The van der Waals surface area contributed by atoms with Crippen LogP contribution in [0.5, 0.6) is 5.75 Å². The van der Waals surface area contributed by atoms with Crippen molar-refractivity contribution in [3.8, 4) is 18.1 Å². The Bertz CT molecular complexity index is 927.